The second kappa shape index (κ2) is 6.95. The highest BCUT2D eigenvalue weighted by Crippen LogP contribution is 2.23. The number of benzene rings is 2. The van der Waals surface area contributed by atoms with Gasteiger partial charge in [0.15, 0.2) is 0 Å². The van der Waals surface area contributed by atoms with E-state index >= 15 is 0 Å². The number of ether oxygens (including phenoxy) is 1. The molecule has 2 heteroatoms. The molecule has 2 aromatic carbocycles. The lowest BCUT2D eigenvalue weighted by atomic mass is 9.98. The summed E-state index contributed by atoms with van der Waals surface area (Å²) in [6, 6.07) is 18.2. The SMILES string of the molecule is CC(CCO)c1cccc(OCc2ccccc2)c1. The van der Waals surface area contributed by atoms with Crippen LogP contribution < -0.4 is 4.74 Å². The van der Waals surface area contributed by atoms with Crippen molar-refractivity contribution in [2.24, 2.45) is 0 Å². The highest BCUT2D eigenvalue weighted by Gasteiger charge is 2.06. The molecule has 0 aromatic heterocycles. The maximum Gasteiger partial charge on any atom is 0.120 e. The summed E-state index contributed by atoms with van der Waals surface area (Å²) >= 11 is 0. The summed E-state index contributed by atoms with van der Waals surface area (Å²) in [5.41, 5.74) is 2.37. The van der Waals surface area contributed by atoms with Crippen LogP contribution in [0.3, 0.4) is 0 Å². The summed E-state index contributed by atoms with van der Waals surface area (Å²) in [6.07, 6.45) is 0.780. The average Bonchev–Trinajstić information content (AvgIpc) is 2.47. The van der Waals surface area contributed by atoms with Crippen molar-refractivity contribution in [1.29, 1.82) is 0 Å². The first kappa shape index (κ1) is 13.6. The third kappa shape index (κ3) is 4.11. The molecule has 1 N–H and O–H groups in total. The van der Waals surface area contributed by atoms with Gasteiger partial charge in [-0.2, -0.15) is 0 Å². The quantitative estimate of drug-likeness (QED) is 0.853. The highest BCUT2D eigenvalue weighted by atomic mass is 16.5. The summed E-state index contributed by atoms with van der Waals surface area (Å²) in [5.74, 6) is 1.23. The van der Waals surface area contributed by atoms with Crippen LogP contribution in [0.2, 0.25) is 0 Å². The molecule has 1 unspecified atom stereocenters. The Morgan fingerprint density at radius 1 is 1.05 bits per heavy atom. The lowest BCUT2D eigenvalue weighted by Crippen LogP contribution is -1.99. The smallest absolute Gasteiger partial charge is 0.120 e. The van der Waals surface area contributed by atoms with E-state index in [9.17, 15) is 0 Å². The minimum Gasteiger partial charge on any atom is -0.489 e. The van der Waals surface area contributed by atoms with Crippen LogP contribution in [0, 0.1) is 0 Å². The molecule has 0 aliphatic carbocycles. The standard InChI is InChI=1S/C17H20O2/c1-14(10-11-18)16-8-5-9-17(12-16)19-13-15-6-3-2-4-7-15/h2-9,12,14,18H,10-11,13H2,1H3. The molecule has 1 atom stereocenters. The summed E-state index contributed by atoms with van der Waals surface area (Å²) in [5, 5.41) is 8.99. The van der Waals surface area contributed by atoms with E-state index in [1.54, 1.807) is 0 Å². The first-order valence-electron chi connectivity index (χ1n) is 6.67. The largest absolute Gasteiger partial charge is 0.489 e. The molecule has 0 heterocycles. The fourth-order valence-corrected chi connectivity index (χ4v) is 2.01. The van der Waals surface area contributed by atoms with Gasteiger partial charge in [-0.1, -0.05) is 49.4 Å². The second-order valence-corrected chi connectivity index (χ2v) is 4.76. The minimum absolute atomic E-state index is 0.219. The highest BCUT2D eigenvalue weighted by molar-refractivity contribution is 5.31. The van der Waals surface area contributed by atoms with E-state index in [1.165, 1.54) is 5.56 Å². The molecule has 0 fully saturated rings. The fourth-order valence-electron chi connectivity index (χ4n) is 2.01. The molecular weight excluding hydrogens is 236 g/mol. The number of aliphatic hydroxyl groups is 1. The Morgan fingerprint density at radius 3 is 2.58 bits per heavy atom. The van der Waals surface area contributed by atoms with E-state index in [1.807, 2.05) is 30.3 Å². The summed E-state index contributed by atoms with van der Waals surface area (Å²) in [7, 11) is 0. The Morgan fingerprint density at radius 2 is 1.84 bits per heavy atom. The molecule has 0 saturated heterocycles. The maximum absolute atomic E-state index is 8.99. The molecule has 0 saturated carbocycles. The molecule has 0 radical (unpaired) electrons. The van der Waals surface area contributed by atoms with Gasteiger partial charge in [0.1, 0.15) is 12.4 Å². The van der Waals surface area contributed by atoms with Crippen LogP contribution in [0.15, 0.2) is 54.6 Å². The lowest BCUT2D eigenvalue weighted by molar-refractivity contribution is 0.278. The van der Waals surface area contributed by atoms with Gasteiger partial charge in [0.2, 0.25) is 0 Å². The van der Waals surface area contributed by atoms with Gasteiger partial charge < -0.3 is 9.84 Å². The normalized spacial score (nSPS) is 12.1. The van der Waals surface area contributed by atoms with Crippen LogP contribution in [-0.4, -0.2) is 11.7 Å². The third-order valence-corrected chi connectivity index (χ3v) is 3.24. The van der Waals surface area contributed by atoms with Crippen LogP contribution in [0.25, 0.3) is 0 Å². The van der Waals surface area contributed by atoms with Crippen molar-refractivity contribution in [3.05, 3.63) is 65.7 Å². The summed E-state index contributed by atoms with van der Waals surface area (Å²) < 4.78 is 5.80. The van der Waals surface area contributed by atoms with Crippen molar-refractivity contribution in [2.45, 2.75) is 25.9 Å². The first-order chi connectivity index (χ1) is 9.29. The van der Waals surface area contributed by atoms with Crippen molar-refractivity contribution in [1.82, 2.24) is 0 Å². The minimum atomic E-state index is 0.219. The number of aliphatic hydroxyl groups excluding tert-OH is 1. The van der Waals surface area contributed by atoms with E-state index in [0.717, 1.165) is 17.7 Å². The average molecular weight is 256 g/mol. The van der Waals surface area contributed by atoms with Crippen molar-refractivity contribution in [3.8, 4) is 5.75 Å². The van der Waals surface area contributed by atoms with Gasteiger partial charge in [-0.3, -0.25) is 0 Å². The second-order valence-electron chi connectivity index (χ2n) is 4.76. The van der Waals surface area contributed by atoms with Crippen LogP contribution in [0.5, 0.6) is 5.75 Å². The van der Waals surface area contributed by atoms with Gasteiger partial charge >= 0.3 is 0 Å². The molecule has 0 aliphatic heterocycles. The molecule has 19 heavy (non-hydrogen) atoms. The Balaban J connectivity index is 1.99. The maximum atomic E-state index is 8.99. The Labute approximate surface area is 114 Å². The predicted octanol–water partition coefficient (Wildman–Crippen LogP) is 3.75. The predicted molar refractivity (Wildman–Crippen MR) is 77.3 cm³/mol. The van der Waals surface area contributed by atoms with Crippen molar-refractivity contribution in [3.63, 3.8) is 0 Å². The molecule has 2 nitrogen and oxygen atoms in total. The van der Waals surface area contributed by atoms with Gasteiger partial charge in [-0.25, -0.2) is 0 Å². The van der Waals surface area contributed by atoms with Crippen LogP contribution in [-0.2, 0) is 6.61 Å². The number of hydrogen-bond acceptors (Lipinski definition) is 2. The topological polar surface area (TPSA) is 29.5 Å². The lowest BCUT2D eigenvalue weighted by Gasteiger charge is -2.12. The zero-order valence-corrected chi connectivity index (χ0v) is 11.3. The molecule has 2 aromatic rings. The van der Waals surface area contributed by atoms with Crippen molar-refractivity contribution < 1.29 is 9.84 Å². The molecule has 0 aliphatic rings. The summed E-state index contributed by atoms with van der Waals surface area (Å²) in [6.45, 7) is 2.92. The zero-order valence-electron chi connectivity index (χ0n) is 11.3. The molecule has 2 rings (SSSR count). The first-order valence-corrected chi connectivity index (χ1v) is 6.67. The number of rotatable bonds is 6. The van der Waals surface area contributed by atoms with Gasteiger partial charge in [-0.05, 0) is 35.6 Å². The van der Waals surface area contributed by atoms with Crippen LogP contribution in [0.1, 0.15) is 30.4 Å². The summed E-state index contributed by atoms with van der Waals surface area (Å²) in [4.78, 5) is 0. The molecular formula is C17H20O2. The van der Waals surface area contributed by atoms with E-state index in [-0.39, 0.29) is 6.61 Å². The van der Waals surface area contributed by atoms with Gasteiger partial charge in [-0.15, -0.1) is 0 Å². The van der Waals surface area contributed by atoms with Gasteiger partial charge in [0.25, 0.3) is 0 Å². The van der Waals surface area contributed by atoms with Gasteiger partial charge in [0, 0.05) is 6.61 Å². The Hall–Kier alpha value is -1.80. The van der Waals surface area contributed by atoms with Crippen LogP contribution >= 0.6 is 0 Å². The van der Waals surface area contributed by atoms with E-state index in [2.05, 4.69) is 31.2 Å². The van der Waals surface area contributed by atoms with Crippen molar-refractivity contribution in [2.75, 3.05) is 6.61 Å². The molecule has 0 amide bonds. The van der Waals surface area contributed by atoms with Crippen molar-refractivity contribution >= 4 is 0 Å². The van der Waals surface area contributed by atoms with Gasteiger partial charge in [0.05, 0.1) is 0 Å². The Kier molecular flexibility index (Phi) is 4.99. The van der Waals surface area contributed by atoms with E-state index < -0.39 is 0 Å². The fraction of sp³-hybridized carbons (Fsp3) is 0.294. The van der Waals surface area contributed by atoms with E-state index in [0.29, 0.717) is 12.5 Å². The van der Waals surface area contributed by atoms with Crippen LogP contribution in [0.4, 0.5) is 0 Å². The number of hydrogen-bond donors (Lipinski definition) is 1. The third-order valence-electron chi connectivity index (χ3n) is 3.24. The molecule has 0 spiro atoms. The van der Waals surface area contributed by atoms with E-state index in [4.69, 9.17) is 9.84 Å². The molecule has 100 valence electrons. The zero-order chi connectivity index (χ0) is 13.5. The molecule has 0 bridgehead atoms. The monoisotopic (exact) mass is 256 g/mol. The Bertz CT molecular complexity index is 494.